The van der Waals surface area contributed by atoms with Crippen LogP contribution in [0.2, 0.25) is 0 Å². The Kier molecular flexibility index (Phi) is 1.98. The van der Waals surface area contributed by atoms with E-state index in [0.29, 0.717) is 5.92 Å². The summed E-state index contributed by atoms with van der Waals surface area (Å²) in [5.41, 5.74) is 2.20. The fourth-order valence-corrected chi connectivity index (χ4v) is 2.22. The lowest BCUT2D eigenvalue weighted by Crippen LogP contribution is -2.26. The second-order valence-electron chi connectivity index (χ2n) is 3.49. The average Bonchev–Trinajstić information content (AvgIpc) is 2.46. The monoisotopic (exact) mass is 300 g/mol. The minimum absolute atomic E-state index is 0.471. The molecular formula is C10H9IN2O. The number of nitrogens with one attached hydrogen (secondary N) is 1. The van der Waals surface area contributed by atoms with Crippen LogP contribution < -0.4 is 0 Å². The van der Waals surface area contributed by atoms with Gasteiger partial charge >= 0.3 is 0 Å². The Balaban J connectivity index is 2.15. The second-order valence-corrected chi connectivity index (χ2v) is 4.65. The van der Waals surface area contributed by atoms with E-state index in [4.69, 9.17) is 4.74 Å². The van der Waals surface area contributed by atoms with E-state index in [9.17, 15) is 0 Å². The molecule has 1 aliphatic heterocycles. The maximum Gasteiger partial charge on any atom is 0.115 e. The van der Waals surface area contributed by atoms with Gasteiger partial charge in [0.25, 0.3) is 0 Å². The zero-order valence-corrected chi connectivity index (χ0v) is 9.61. The lowest BCUT2D eigenvalue weighted by Gasteiger charge is -2.23. The Morgan fingerprint density at radius 1 is 1.43 bits per heavy atom. The van der Waals surface area contributed by atoms with Crippen LogP contribution in [-0.4, -0.2) is 23.2 Å². The molecular weight excluding hydrogens is 291 g/mol. The highest BCUT2D eigenvalue weighted by atomic mass is 127. The number of fused-ring (bicyclic) bond motifs is 1. The Morgan fingerprint density at radius 3 is 2.93 bits per heavy atom. The first kappa shape index (κ1) is 8.67. The van der Waals surface area contributed by atoms with E-state index in [1.54, 1.807) is 0 Å². The van der Waals surface area contributed by atoms with Crippen molar-refractivity contribution in [1.82, 2.24) is 9.97 Å². The van der Waals surface area contributed by atoms with E-state index in [1.807, 2.05) is 6.07 Å². The van der Waals surface area contributed by atoms with Crippen LogP contribution >= 0.6 is 22.6 Å². The highest BCUT2D eigenvalue weighted by molar-refractivity contribution is 14.1. The van der Waals surface area contributed by atoms with Crippen molar-refractivity contribution in [2.75, 3.05) is 13.2 Å². The first-order valence-corrected chi connectivity index (χ1v) is 5.64. The topological polar surface area (TPSA) is 37.9 Å². The summed E-state index contributed by atoms with van der Waals surface area (Å²) in [4.78, 5) is 7.93. The quantitative estimate of drug-likeness (QED) is 0.821. The average molecular weight is 300 g/mol. The Bertz CT molecular complexity index is 476. The number of ether oxygens (including phenoxy) is 1. The summed E-state index contributed by atoms with van der Waals surface area (Å²) in [5, 5.41) is 0. The van der Waals surface area contributed by atoms with Gasteiger partial charge in [-0.15, -0.1) is 0 Å². The lowest BCUT2D eigenvalue weighted by atomic mass is 10.1. The number of aromatic nitrogens is 2. The summed E-state index contributed by atoms with van der Waals surface area (Å²) in [5.74, 6) is 1.54. The fraction of sp³-hybridized carbons (Fsp3) is 0.300. The van der Waals surface area contributed by atoms with Gasteiger partial charge in [-0.05, 0) is 34.7 Å². The van der Waals surface area contributed by atoms with E-state index in [0.717, 1.165) is 30.1 Å². The molecule has 0 spiro atoms. The molecule has 2 heterocycles. The molecule has 3 rings (SSSR count). The fourth-order valence-electron chi connectivity index (χ4n) is 1.60. The van der Waals surface area contributed by atoms with Crippen LogP contribution in [0.4, 0.5) is 0 Å². The number of nitrogens with zero attached hydrogens (tertiary/aromatic N) is 1. The molecule has 4 heteroatoms. The van der Waals surface area contributed by atoms with Crippen LogP contribution in [0.15, 0.2) is 18.2 Å². The van der Waals surface area contributed by atoms with Crippen LogP contribution in [0.1, 0.15) is 11.7 Å². The molecule has 72 valence electrons. The highest BCUT2D eigenvalue weighted by Gasteiger charge is 2.23. The van der Waals surface area contributed by atoms with Crippen molar-refractivity contribution in [2.45, 2.75) is 5.92 Å². The molecule has 0 aliphatic carbocycles. The summed E-state index contributed by atoms with van der Waals surface area (Å²) in [6.45, 7) is 1.60. The molecule has 1 aliphatic rings. The highest BCUT2D eigenvalue weighted by Crippen LogP contribution is 2.25. The zero-order valence-electron chi connectivity index (χ0n) is 7.46. The van der Waals surface area contributed by atoms with Crippen LogP contribution in [-0.2, 0) is 4.74 Å². The molecule has 2 aromatic rings. The number of hydrogen-bond acceptors (Lipinski definition) is 2. The Morgan fingerprint density at radius 2 is 2.29 bits per heavy atom. The number of imidazole rings is 1. The van der Waals surface area contributed by atoms with Gasteiger partial charge in [-0.3, -0.25) is 0 Å². The van der Waals surface area contributed by atoms with Gasteiger partial charge < -0.3 is 9.72 Å². The van der Waals surface area contributed by atoms with Gasteiger partial charge in [-0.2, -0.15) is 0 Å². The standard InChI is InChI=1S/C10H9IN2O/c11-7-2-1-3-8-9(7)13-10(12-8)6-4-14-5-6/h1-3,6H,4-5H2,(H,12,13). The SMILES string of the molecule is Ic1cccc2[nH]c(C3COC3)nc12. The molecule has 3 nitrogen and oxygen atoms in total. The number of aromatic amines is 1. The number of benzene rings is 1. The zero-order chi connectivity index (χ0) is 9.54. The lowest BCUT2D eigenvalue weighted by molar-refractivity contribution is 0.00531. The molecule has 14 heavy (non-hydrogen) atoms. The van der Waals surface area contributed by atoms with Crippen molar-refractivity contribution in [3.63, 3.8) is 0 Å². The maximum atomic E-state index is 5.15. The Hall–Kier alpha value is -0.620. The number of rotatable bonds is 1. The van der Waals surface area contributed by atoms with Gasteiger partial charge in [0.05, 0.1) is 24.6 Å². The van der Waals surface area contributed by atoms with Gasteiger partial charge in [0.2, 0.25) is 0 Å². The minimum atomic E-state index is 0.471. The van der Waals surface area contributed by atoms with Crippen molar-refractivity contribution in [3.8, 4) is 0 Å². The number of H-pyrrole nitrogens is 1. The van der Waals surface area contributed by atoms with Gasteiger partial charge in [0.15, 0.2) is 0 Å². The second kappa shape index (κ2) is 3.20. The predicted octanol–water partition coefficient (Wildman–Crippen LogP) is 2.28. The molecule has 0 radical (unpaired) electrons. The van der Waals surface area contributed by atoms with Crippen molar-refractivity contribution in [2.24, 2.45) is 0 Å². The minimum Gasteiger partial charge on any atom is -0.380 e. The smallest absolute Gasteiger partial charge is 0.115 e. The van der Waals surface area contributed by atoms with Crippen LogP contribution in [0, 0.1) is 3.57 Å². The van der Waals surface area contributed by atoms with E-state index >= 15 is 0 Å². The molecule has 0 bridgehead atoms. The van der Waals surface area contributed by atoms with E-state index in [1.165, 1.54) is 3.57 Å². The molecule has 1 N–H and O–H groups in total. The third kappa shape index (κ3) is 1.25. The van der Waals surface area contributed by atoms with Gasteiger partial charge in [-0.25, -0.2) is 4.98 Å². The van der Waals surface area contributed by atoms with E-state index in [-0.39, 0.29) is 0 Å². The van der Waals surface area contributed by atoms with Gasteiger partial charge in [0, 0.05) is 3.57 Å². The number of hydrogen-bond donors (Lipinski definition) is 1. The van der Waals surface area contributed by atoms with Crippen molar-refractivity contribution >= 4 is 33.6 Å². The summed E-state index contributed by atoms with van der Waals surface area (Å²) in [6, 6.07) is 6.18. The number of halogens is 1. The summed E-state index contributed by atoms with van der Waals surface area (Å²) < 4.78 is 6.35. The Labute approximate surface area is 95.0 Å². The van der Waals surface area contributed by atoms with Crippen LogP contribution in [0.5, 0.6) is 0 Å². The van der Waals surface area contributed by atoms with Crippen molar-refractivity contribution in [1.29, 1.82) is 0 Å². The first-order chi connectivity index (χ1) is 6.84. The third-order valence-electron chi connectivity index (χ3n) is 2.51. The third-order valence-corrected chi connectivity index (χ3v) is 3.38. The number of para-hydroxylation sites is 1. The summed E-state index contributed by atoms with van der Waals surface area (Å²) in [6.07, 6.45) is 0. The molecule has 1 saturated heterocycles. The molecule has 1 aromatic heterocycles. The normalized spacial score (nSPS) is 17.2. The van der Waals surface area contributed by atoms with Crippen LogP contribution in [0.3, 0.4) is 0 Å². The largest absolute Gasteiger partial charge is 0.380 e. The first-order valence-electron chi connectivity index (χ1n) is 4.56. The van der Waals surface area contributed by atoms with E-state index < -0.39 is 0 Å². The maximum absolute atomic E-state index is 5.15. The molecule has 0 unspecified atom stereocenters. The summed E-state index contributed by atoms with van der Waals surface area (Å²) in [7, 11) is 0. The molecule has 0 saturated carbocycles. The van der Waals surface area contributed by atoms with Crippen LogP contribution in [0.25, 0.3) is 11.0 Å². The molecule has 0 amide bonds. The van der Waals surface area contributed by atoms with Crippen molar-refractivity contribution in [3.05, 3.63) is 27.6 Å². The van der Waals surface area contributed by atoms with Crippen molar-refractivity contribution < 1.29 is 4.74 Å². The molecule has 0 atom stereocenters. The van der Waals surface area contributed by atoms with E-state index in [2.05, 4.69) is 44.7 Å². The van der Waals surface area contributed by atoms with Gasteiger partial charge in [0.1, 0.15) is 11.3 Å². The predicted molar refractivity (Wildman–Crippen MR) is 62.4 cm³/mol. The van der Waals surface area contributed by atoms with Gasteiger partial charge in [-0.1, -0.05) is 6.07 Å². The molecule has 1 aromatic carbocycles. The summed E-state index contributed by atoms with van der Waals surface area (Å²) >= 11 is 2.31. The molecule has 1 fully saturated rings.